The molecule has 0 amide bonds. The van der Waals surface area contributed by atoms with E-state index >= 15 is 0 Å². The van der Waals surface area contributed by atoms with Crippen molar-refractivity contribution in [3.63, 3.8) is 0 Å². The maximum atomic E-state index is 14.6. The van der Waals surface area contributed by atoms with E-state index in [0.717, 1.165) is 6.07 Å². The van der Waals surface area contributed by atoms with Crippen LogP contribution in [0.4, 0.5) is 17.6 Å². The Morgan fingerprint density at radius 3 is 2.32 bits per heavy atom. The number of ether oxygens (including phenoxy) is 1. The minimum atomic E-state index is -0.918. The second-order valence-corrected chi connectivity index (χ2v) is 6.99. The first-order valence-electron chi connectivity index (χ1n) is 9.43. The highest BCUT2D eigenvalue weighted by Crippen LogP contribution is 2.26. The lowest BCUT2D eigenvalue weighted by molar-refractivity contribution is 0.184. The topological polar surface area (TPSA) is 9.23 Å². The summed E-state index contributed by atoms with van der Waals surface area (Å²) < 4.78 is 61.1. The minimum absolute atomic E-state index is 0.144. The van der Waals surface area contributed by atoms with E-state index in [1.54, 1.807) is 30.3 Å². The van der Waals surface area contributed by atoms with Crippen molar-refractivity contribution in [2.24, 2.45) is 0 Å². The second kappa shape index (κ2) is 8.63. The van der Waals surface area contributed by atoms with Gasteiger partial charge in [0.2, 0.25) is 0 Å². The molecule has 31 heavy (non-hydrogen) atoms. The van der Waals surface area contributed by atoms with Crippen LogP contribution in [0.5, 0.6) is 0 Å². The van der Waals surface area contributed by atoms with Gasteiger partial charge in [-0.05, 0) is 52.9 Å². The largest absolute Gasteiger partial charge is 0.380 e. The van der Waals surface area contributed by atoms with E-state index in [1.807, 2.05) is 0 Å². The summed E-state index contributed by atoms with van der Waals surface area (Å²) >= 11 is 0. The normalized spacial score (nSPS) is 10.7. The van der Waals surface area contributed by atoms with Gasteiger partial charge < -0.3 is 4.74 Å². The monoisotopic (exact) mass is 420 g/mol. The van der Waals surface area contributed by atoms with Crippen LogP contribution in [-0.4, -0.2) is 7.11 Å². The quantitative estimate of drug-likeness (QED) is 0.268. The number of methoxy groups -OCH3 is 1. The van der Waals surface area contributed by atoms with E-state index in [4.69, 9.17) is 4.74 Å². The zero-order valence-corrected chi connectivity index (χ0v) is 16.5. The lowest BCUT2D eigenvalue weighted by Gasteiger charge is -2.07. The van der Waals surface area contributed by atoms with Gasteiger partial charge in [-0.2, -0.15) is 0 Å². The van der Waals surface area contributed by atoms with Crippen molar-refractivity contribution in [3.8, 4) is 23.0 Å². The summed E-state index contributed by atoms with van der Waals surface area (Å²) in [4.78, 5) is 0. The molecule has 0 aliphatic heterocycles. The van der Waals surface area contributed by atoms with Gasteiger partial charge in [-0.15, -0.1) is 0 Å². The molecule has 4 rings (SSSR count). The molecule has 5 heteroatoms. The van der Waals surface area contributed by atoms with Crippen molar-refractivity contribution in [2.45, 2.75) is 6.61 Å². The predicted octanol–water partition coefficient (Wildman–Crippen LogP) is 6.61. The molecule has 154 valence electrons. The van der Waals surface area contributed by atoms with E-state index in [1.165, 1.54) is 37.4 Å². The third kappa shape index (κ3) is 4.30. The van der Waals surface area contributed by atoms with Crippen LogP contribution in [0.1, 0.15) is 16.7 Å². The van der Waals surface area contributed by atoms with Gasteiger partial charge in [0.1, 0.15) is 11.6 Å². The van der Waals surface area contributed by atoms with Crippen LogP contribution in [0.3, 0.4) is 0 Å². The van der Waals surface area contributed by atoms with Crippen LogP contribution in [0.25, 0.3) is 21.9 Å². The van der Waals surface area contributed by atoms with Crippen molar-refractivity contribution >= 4 is 10.8 Å². The van der Waals surface area contributed by atoms with Gasteiger partial charge in [0.25, 0.3) is 0 Å². The van der Waals surface area contributed by atoms with Crippen LogP contribution >= 0.6 is 0 Å². The molecule has 0 atom stereocenters. The molecule has 1 nitrogen and oxygen atoms in total. The number of rotatable bonds is 3. The summed E-state index contributed by atoms with van der Waals surface area (Å²) in [6, 6.07) is 16.1. The Morgan fingerprint density at radius 1 is 0.742 bits per heavy atom. The van der Waals surface area contributed by atoms with Gasteiger partial charge in [-0.25, -0.2) is 17.6 Å². The molecule has 0 saturated heterocycles. The molecule has 0 aliphatic rings. The zero-order chi connectivity index (χ0) is 22.0. The summed E-state index contributed by atoms with van der Waals surface area (Å²) in [6.45, 7) is 0.288. The summed E-state index contributed by atoms with van der Waals surface area (Å²) in [7, 11) is 1.52. The Bertz CT molecular complexity index is 1350. The highest BCUT2D eigenvalue weighted by atomic mass is 19.2. The number of fused-ring (bicyclic) bond motifs is 1. The molecule has 0 heterocycles. The van der Waals surface area contributed by atoms with E-state index in [2.05, 4.69) is 11.8 Å². The Hall–Kier alpha value is -3.62. The molecular formula is C26H16F4O. The Kier molecular flexibility index (Phi) is 5.75. The van der Waals surface area contributed by atoms with Crippen molar-refractivity contribution < 1.29 is 22.3 Å². The van der Waals surface area contributed by atoms with Gasteiger partial charge in [0.15, 0.2) is 11.6 Å². The van der Waals surface area contributed by atoms with Crippen LogP contribution in [-0.2, 0) is 11.3 Å². The van der Waals surface area contributed by atoms with E-state index in [9.17, 15) is 17.6 Å². The summed E-state index contributed by atoms with van der Waals surface area (Å²) in [5, 5.41) is 0.647. The Morgan fingerprint density at radius 2 is 1.58 bits per heavy atom. The molecule has 0 radical (unpaired) electrons. The molecule has 0 N–H and O–H groups in total. The fourth-order valence-corrected chi connectivity index (χ4v) is 3.32. The number of halogens is 4. The van der Waals surface area contributed by atoms with Crippen molar-refractivity contribution in [1.29, 1.82) is 0 Å². The lowest BCUT2D eigenvalue weighted by Crippen LogP contribution is -1.93. The average molecular weight is 420 g/mol. The second-order valence-electron chi connectivity index (χ2n) is 6.99. The molecule has 0 spiro atoms. The van der Waals surface area contributed by atoms with E-state index in [-0.39, 0.29) is 23.1 Å². The fourth-order valence-electron chi connectivity index (χ4n) is 3.32. The van der Waals surface area contributed by atoms with E-state index in [0.29, 0.717) is 22.1 Å². The highest BCUT2D eigenvalue weighted by Gasteiger charge is 2.10. The molecule has 4 aromatic carbocycles. The van der Waals surface area contributed by atoms with Gasteiger partial charge in [-0.3, -0.25) is 0 Å². The smallest absolute Gasteiger partial charge is 0.166 e. The third-order valence-electron chi connectivity index (χ3n) is 4.87. The Labute approximate surface area is 176 Å². The molecule has 0 aliphatic carbocycles. The van der Waals surface area contributed by atoms with Gasteiger partial charge in [0, 0.05) is 23.6 Å². The van der Waals surface area contributed by atoms with Gasteiger partial charge in [-0.1, -0.05) is 42.2 Å². The molecule has 0 fully saturated rings. The maximum Gasteiger partial charge on any atom is 0.166 e. The average Bonchev–Trinajstić information content (AvgIpc) is 2.76. The molecule has 0 bridgehead atoms. The predicted molar refractivity (Wildman–Crippen MR) is 112 cm³/mol. The van der Waals surface area contributed by atoms with Crippen LogP contribution in [0, 0.1) is 35.1 Å². The van der Waals surface area contributed by atoms with Crippen molar-refractivity contribution in [3.05, 3.63) is 107 Å². The number of benzene rings is 4. The molecular weight excluding hydrogens is 404 g/mol. The maximum absolute atomic E-state index is 14.6. The first-order valence-corrected chi connectivity index (χ1v) is 9.43. The van der Waals surface area contributed by atoms with Crippen molar-refractivity contribution in [2.75, 3.05) is 7.11 Å². The molecule has 0 saturated carbocycles. The first kappa shape index (κ1) is 20.6. The van der Waals surface area contributed by atoms with Gasteiger partial charge >= 0.3 is 0 Å². The fraction of sp³-hybridized carbons (Fsp3) is 0.0769. The first-order chi connectivity index (χ1) is 15.0. The molecule has 0 aromatic heterocycles. The number of hydrogen-bond acceptors (Lipinski definition) is 1. The standard InChI is InChI=1S/C26H16F4O/c1-31-15-17-4-9-21(25(29)13-17)20-7-6-18(24(28)14-20)5-2-16-3-10-22-19(12-16)8-11-23(27)26(22)30/h3-4,6-14H,15H2,1H3. The highest BCUT2D eigenvalue weighted by molar-refractivity contribution is 5.84. The zero-order valence-electron chi connectivity index (χ0n) is 16.5. The van der Waals surface area contributed by atoms with Crippen LogP contribution in [0.15, 0.2) is 66.7 Å². The number of hydrogen-bond donors (Lipinski definition) is 0. The van der Waals surface area contributed by atoms with Crippen LogP contribution in [0.2, 0.25) is 0 Å². The van der Waals surface area contributed by atoms with Gasteiger partial charge in [0.05, 0.1) is 12.2 Å². The third-order valence-corrected chi connectivity index (χ3v) is 4.87. The summed E-state index contributed by atoms with van der Waals surface area (Å²) in [5.41, 5.74) is 2.03. The summed E-state index contributed by atoms with van der Waals surface area (Å²) in [5.74, 6) is 2.68. The lowest BCUT2D eigenvalue weighted by atomic mass is 10.0. The van der Waals surface area contributed by atoms with Crippen LogP contribution < -0.4 is 0 Å². The molecule has 0 unspecified atom stereocenters. The minimum Gasteiger partial charge on any atom is -0.380 e. The molecule has 4 aromatic rings. The SMILES string of the molecule is COCc1ccc(-c2ccc(C#Cc3ccc4c(F)c(F)ccc4c3)c(F)c2)c(F)c1. The van der Waals surface area contributed by atoms with Crippen molar-refractivity contribution in [1.82, 2.24) is 0 Å². The Balaban J connectivity index is 1.62. The summed E-state index contributed by atoms with van der Waals surface area (Å²) in [6.07, 6.45) is 0. The van der Waals surface area contributed by atoms with E-state index < -0.39 is 23.3 Å².